The number of amides is 1. The van der Waals surface area contributed by atoms with Gasteiger partial charge in [-0.05, 0) is 24.3 Å². The topological polar surface area (TPSA) is 75.6 Å². The third kappa shape index (κ3) is 4.63. The predicted molar refractivity (Wildman–Crippen MR) is 99.0 cm³/mol. The van der Waals surface area contributed by atoms with E-state index in [1.165, 1.54) is 24.3 Å². The van der Waals surface area contributed by atoms with E-state index in [1.54, 1.807) is 0 Å². The molecule has 132 valence electrons. The first kappa shape index (κ1) is 19.9. The summed E-state index contributed by atoms with van der Waals surface area (Å²) in [6.07, 6.45) is 0. The maximum absolute atomic E-state index is 11.9. The van der Waals surface area contributed by atoms with Crippen LogP contribution in [0.2, 0.25) is 25.1 Å². The van der Waals surface area contributed by atoms with Crippen LogP contribution < -0.4 is 10.1 Å². The van der Waals surface area contributed by atoms with Crippen LogP contribution in [0, 0.1) is 0 Å². The van der Waals surface area contributed by atoms with Crippen molar-refractivity contribution < 1.29 is 19.4 Å². The number of ether oxygens (including phenoxy) is 1. The van der Waals surface area contributed by atoms with Crippen LogP contribution in [0.4, 0.5) is 5.69 Å². The summed E-state index contributed by atoms with van der Waals surface area (Å²) in [6, 6.07) is 5.59. The van der Waals surface area contributed by atoms with Crippen molar-refractivity contribution in [1.82, 2.24) is 0 Å². The van der Waals surface area contributed by atoms with Crippen molar-refractivity contribution in [2.24, 2.45) is 0 Å². The minimum Gasteiger partial charge on any atom is -0.481 e. The van der Waals surface area contributed by atoms with E-state index < -0.39 is 18.5 Å². The van der Waals surface area contributed by atoms with Gasteiger partial charge in [-0.25, -0.2) is 4.79 Å². The lowest BCUT2D eigenvalue weighted by molar-refractivity contribution is -0.118. The molecule has 0 bridgehead atoms. The van der Waals surface area contributed by atoms with Gasteiger partial charge in [0.05, 0.1) is 20.6 Å². The van der Waals surface area contributed by atoms with Crippen LogP contribution in [-0.2, 0) is 4.79 Å². The van der Waals surface area contributed by atoms with E-state index in [9.17, 15) is 9.59 Å². The van der Waals surface area contributed by atoms with Crippen LogP contribution in [0.25, 0.3) is 0 Å². The van der Waals surface area contributed by atoms with E-state index in [0.29, 0.717) is 5.69 Å². The van der Waals surface area contributed by atoms with Gasteiger partial charge in [-0.3, -0.25) is 4.79 Å². The van der Waals surface area contributed by atoms with Gasteiger partial charge in [-0.1, -0.05) is 58.0 Å². The molecule has 0 saturated carbocycles. The number of halogens is 5. The highest BCUT2D eigenvalue weighted by molar-refractivity contribution is 6.55. The van der Waals surface area contributed by atoms with Crippen molar-refractivity contribution in [3.05, 3.63) is 54.9 Å². The Morgan fingerprint density at radius 2 is 1.36 bits per heavy atom. The Morgan fingerprint density at radius 1 is 0.880 bits per heavy atom. The van der Waals surface area contributed by atoms with Crippen molar-refractivity contribution in [3.8, 4) is 5.75 Å². The molecular formula is C15H8Cl5NO4. The van der Waals surface area contributed by atoms with E-state index in [1.807, 2.05) is 0 Å². The Morgan fingerprint density at radius 3 is 1.84 bits per heavy atom. The number of anilines is 1. The van der Waals surface area contributed by atoms with Crippen LogP contribution in [0.3, 0.4) is 0 Å². The molecule has 2 aromatic rings. The van der Waals surface area contributed by atoms with Gasteiger partial charge in [-0.15, -0.1) is 0 Å². The van der Waals surface area contributed by atoms with Crippen molar-refractivity contribution in [2.45, 2.75) is 0 Å². The molecule has 0 aromatic heterocycles. The monoisotopic (exact) mass is 441 g/mol. The van der Waals surface area contributed by atoms with E-state index in [-0.39, 0.29) is 36.4 Å². The molecule has 2 aromatic carbocycles. The molecule has 25 heavy (non-hydrogen) atoms. The Balaban J connectivity index is 2.07. The Labute approximate surface area is 167 Å². The molecule has 0 heterocycles. The maximum Gasteiger partial charge on any atom is 0.335 e. The fraction of sp³-hybridized carbons (Fsp3) is 0.0667. The summed E-state index contributed by atoms with van der Waals surface area (Å²) in [6.45, 7) is -0.436. The zero-order valence-electron chi connectivity index (χ0n) is 12.1. The Kier molecular flexibility index (Phi) is 6.65. The molecule has 0 atom stereocenters. The lowest BCUT2D eigenvalue weighted by atomic mass is 10.2. The lowest BCUT2D eigenvalue weighted by Crippen LogP contribution is -2.20. The molecule has 0 fully saturated rings. The van der Waals surface area contributed by atoms with Crippen molar-refractivity contribution >= 4 is 75.6 Å². The molecular weight excluding hydrogens is 435 g/mol. The highest BCUT2D eigenvalue weighted by Gasteiger charge is 2.21. The smallest absolute Gasteiger partial charge is 0.335 e. The van der Waals surface area contributed by atoms with Crippen LogP contribution in [0.15, 0.2) is 24.3 Å². The first-order valence-electron chi connectivity index (χ1n) is 6.49. The van der Waals surface area contributed by atoms with E-state index in [4.69, 9.17) is 67.8 Å². The number of nitrogens with one attached hydrogen (secondary N) is 1. The average molecular weight is 443 g/mol. The third-order valence-electron chi connectivity index (χ3n) is 2.93. The fourth-order valence-corrected chi connectivity index (χ4v) is 2.97. The second kappa shape index (κ2) is 8.34. The summed E-state index contributed by atoms with van der Waals surface area (Å²) >= 11 is 29.7. The SMILES string of the molecule is O=C(COc1c(Cl)c(Cl)c(Cl)c(Cl)c1Cl)Nc1ccc(C(=O)O)cc1. The number of hydrogen-bond donors (Lipinski definition) is 2. The Bertz CT molecular complexity index is 810. The van der Waals surface area contributed by atoms with Crippen molar-refractivity contribution in [2.75, 3.05) is 11.9 Å². The number of benzene rings is 2. The molecule has 0 spiro atoms. The first-order chi connectivity index (χ1) is 11.7. The Hall–Kier alpha value is -1.37. The summed E-state index contributed by atoms with van der Waals surface area (Å²) in [4.78, 5) is 22.7. The standard InChI is InChI=1S/C15H8Cl5NO4/c16-9-10(17)12(19)14(13(20)11(9)18)25-5-8(22)21-7-3-1-6(2-4-7)15(23)24/h1-4H,5H2,(H,21,22)(H,23,24). The molecule has 10 heteroatoms. The zero-order chi connectivity index (χ0) is 18.7. The third-order valence-corrected chi connectivity index (χ3v) is 5.17. The highest BCUT2D eigenvalue weighted by Crippen LogP contribution is 2.48. The van der Waals surface area contributed by atoms with Gasteiger partial charge in [-0.2, -0.15) is 0 Å². The number of rotatable bonds is 5. The second-order valence-electron chi connectivity index (χ2n) is 4.62. The number of carbonyl (C=O) groups is 2. The quantitative estimate of drug-likeness (QED) is 0.461. The number of carboxylic acids is 1. The molecule has 0 radical (unpaired) electrons. The number of aromatic carboxylic acids is 1. The van der Waals surface area contributed by atoms with Crippen LogP contribution in [-0.4, -0.2) is 23.6 Å². The summed E-state index contributed by atoms with van der Waals surface area (Å²) < 4.78 is 5.28. The molecule has 0 aliphatic carbocycles. The van der Waals surface area contributed by atoms with Gasteiger partial charge < -0.3 is 15.2 Å². The predicted octanol–water partition coefficient (Wildman–Crippen LogP) is 5.67. The van der Waals surface area contributed by atoms with E-state index in [0.717, 1.165) is 0 Å². The fourth-order valence-electron chi connectivity index (χ4n) is 1.74. The molecule has 2 N–H and O–H groups in total. The van der Waals surface area contributed by atoms with Gasteiger partial charge in [0.25, 0.3) is 5.91 Å². The molecule has 5 nitrogen and oxygen atoms in total. The first-order valence-corrected chi connectivity index (χ1v) is 8.38. The summed E-state index contributed by atoms with van der Waals surface area (Å²) in [5.41, 5.74) is 0.487. The molecule has 0 aliphatic heterocycles. The van der Waals surface area contributed by atoms with Gasteiger partial charge in [0.1, 0.15) is 10.0 Å². The maximum atomic E-state index is 11.9. The van der Waals surface area contributed by atoms with Crippen LogP contribution in [0.1, 0.15) is 10.4 Å². The lowest BCUT2D eigenvalue weighted by Gasteiger charge is -2.13. The van der Waals surface area contributed by atoms with Crippen LogP contribution >= 0.6 is 58.0 Å². The van der Waals surface area contributed by atoms with Crippen molar-refractivity contribution in [3.63, 3.8) is 0 Å². The highest BCUT2D eigenvalue weighted by atomic mass is 35.5. The zero-order valence-corrected chi connectivity index (χ0v) is 15.9. The molecule has 1 amide bonds. The summed E-state index contributed by atoms with van der Waals surface area (Å²) in [7, 11) is 0. The normalized spacial score (nSPS) is 10.4. The van der Waals surface area contributed by atoms with Crippen molar-refractivity contribution in [1.29, 1.82) is 0 Å². The van der Waals surface area contributed by atoms with E-state index in [2.05, 4.69) is 5.32 Å². The van der Waals surface area contributed by atoms with Gasteiger partial charge in [0, 0.05) is 5.69 Å². The van der Waals surface area contributed by atoms with Gasteiger partial charge in [0.2, 0.25) is 0 Å². The molecule has 2 rings (SSSR count). The largest absolute Gasteiger partial charge is 0.481 e. The van der Waals surface area contributed by atoms with Gasteiger partial charge >= 0.3 is 5.97 Å². The average Bonchev–Trinajstić information content (AvgIpc) is 2.58. The molecule has 0 unspecified atom stereocenters. The molecule has 0 aliphatic rings. The summed E-state index contributed by atoms with van der Waals surface area (Å²) in [5.74, 6) is -1.67. The van der Waals surface area contributed by atoms with Gasteiger partial charge in [0.15, 0.2) is 12.4 Å². The molecule has 0 saturated heterocycles. The van der Waals surface area contributed by atoms with Crippen LogP contribution in [0.5, 0.6) is 5.75 Å². The second-order valence-corrected chi connectivity index (χ2v) is 6.51. The number of carbonyl (C=O) groups excluding carboxylic acids is 1. The minimum absolute atomic E-state index is 0.0198. The number of hydrogen-bond acceptors (Lipinski definition) is 3. The summed E-state index contributed by atoms with van der Waals surface area (Å²) in [5, 5.41) is 11.1. The van der Waals surface area contributed by atoms with E-state index >= 15 is 0 Å². The number of carboxylic acid groups (broad SMARTS) is 1. The minimum atomic E-state index is -1.07.